The lowest BCUT2D eigenvalue weighted by Gasteiger charge is -2.36. The second-order valence-electron chi connectivity index (χ2n) is 4.49. The zero-order valence-corrected chi connectivity index (χ0v) is 9.76. The lowest BCUT2D eigenvalue weighted by molar-refractivity contribution is 0.0603. The Morgan fingerprint density at radius 3 is 2.94 bits per heavy atom. The molecule has 2 unspecified atom stereocenters. The van der Waals surface area contributed by atoms with Crippen LogP contribution in [0.5, 0.6) is 0 Å². The highest BCUT2D eigenvalue weighted by atomic mass is 16.2. The van der Waals surface area contributed by atoms with Crippen LogP contribution in [0.4, 0.5) is 0 Å². The van der Waals surface area contributed by atoms with Crippen molar-refractivity contribution in [1.82, 2.24) is 14.5 Å². The molecular weight excluding hydrogens is 204 g/mol. The van der Waals surface area contributed by atoms with Gasteiger partial charge in [-0.15, -0.1) is 0 Å². The molecule has 1 saturated heterocycles. The van der Waals surface area contributed by atoms with Crippen molar-refractivity contribution in [2.24, 2.45) is 12.8 Å². The van der Waals surface area contributed by atoms with Gasteiger partial charge in [0.15, 0.2) is 5.82 Å². The van der Waals surface area contributed by atoms with E-state index in [2.05, 4.69) is 4.98 Å². The van der Waals surface area contributed by atoms with Gasteiger partial charge >= 0.3 is 0 Å². The molecule has 5 heteroatoms. The van der Waals surface area contributed by atoms with E-state index in [0.717, 1.165) is 19.4 Å². The summed E-state index contributed by atoms with van der Waals surface area (Å²) in [5.41, 5.74) is 5.88. The molecule has 2 N–H and O–H groups in total. The van der Waals surface area contributed by atoms with Crippen molar-refractivity contribution in [1.29, 1.82) is 0 Å². The summed E-state index contributed by atoms with van der Waals surface area (Å²) in [5, 5.41) is 0. The summed E-state index contributed by atoms with van der Waals surface area (Å²) in [4.78, 5) is 18.2. The number of nitrogens with two attached hydrogens (primary N) is 1. The molecule has 1 aromatic rings. The normalized spacial score (nSPS) is 25.8. The van der Waals surface area contributed by atoms with Crippen LogP contribution in [0, 0.1) is 0 Å². The molecule has 1 aliphatic rings. The summed E-state index contributed by atoms with van der Waals surface area (Å²) < 4.78 is 1.75. The Labute approximate surface area is 95.2 Å². The van der Waals surface area contributed by atoms with E-state index >= 15 is 0 Å². The molecule has 0 aliphatic carbocycles. The Morgan fingerprint density at radius 2 is 2.38 bits per heavy atom. The number of carbonyl (C=O) groups is 1. The average Bonchev–Trinajstić information content (AvgIpc) is 2.63. The van der Waals surface area contributed by atoms with Crippen LogP contribution in [-0.2, 0) is 7.05 Å². The van der Waals surface area contributed by atoms with E-state index < -0.39 is 0 Å². The van der Waals surface area contributed by atoms with Crippen LogP contribution in [0.15, 0.2) is 12.4 Å². The van der Waals surface area contributed by atoms with E-state index in [1.807, 2.05) is 18.9 Å². The van der Waals surface area contributed by atoms with Crippen molar-refractivity contribution in [3.05, 3.63) is 18.2 Å². The van der Waals surface area contributed by atoms with E-state index in [1.54, 1.807) is 17.0 Å². The highest BCUT2D eigenvalue weighted by Gasteiger charge is 2.29. The molecule has 88 valence electrons. The fraction of sp³-hybridized carbons (Fsp3) is 0.636. The van der Waals surface area contributed by atoms with Crippen LogP contribution < -0.4 is 5.73 Å². The number of nitrogens with zero attached hydrogens (tertiary/aromatic N) is 3. The van der Waals surface area contributed by atoms with Gasteiger partial charge in [0.1, 0.15) is 0 Å². The van der Waals surface area contributed by atoms with E-state index in [0.29, 0.717) is 5.82 Å². The minimum absolute atomic E-state index is 0.00639. The maximum atomic E-state index is 12.2. The number of imidazole rings is 1. The highest BCUT2D eigenvalue weighted by Crippen LogP contribution is 2.17. The van der Waals surface area contributed by atoms with Gasteiger partial charge in [-0.25, -0.2) is 4.98 Å². The lowest BCUT2D eigenvalue weighted by atomic mass is 9.99. The first kappa shape index (κ1) is 11.1. The fourth-order valence-electron chi connectivity index (χ4n) is 2.21. The van der Waals surface area contributed by atoms with Gasteiger partial charge in [0.25, 0.3) is 5.91 Å². The predicted octanol–water partition coefficient (Wildman–Crippen LogP) is 0.372. The summed E-state index contributed by atoms with van der Waals surface area (Å²) in [6, 6.07) is 0.424. The molecule has 1 aromatic heterocycles. The standard InChI is InChI=1S/C11H18N4O/c1-8-7-9(12)3-5-15(8)11(16)10-13-4-6-14(10)2/h4,6,8-9H,3,5,7,12H2,1-2H3. The van der Waals surface area contributed by atoms with E-state index in [9.17, 15) is 4.79 Å². The van der Waals surface area contributed by atoms with Crippen molar-refractivity contribution in [3.63, 3.8) is 0 Å². The molecule has 0 spiro atoms. The summed E-state index contributed by atoms with van der Waals surface area (Å²) in [7, 11) is 1.83. The van der Waals surface area contributed by atoms with Gasteiger partial charge in [0, 0.05) is 38.1 Å². The number of hydrogen-bond donors (Lipinski definition) is 1. The zero-order valence-electron chi connectivity index (χ0n) is 9.76. The van der Waals surface area contributed by atoms with Crippen LogP contribution in [0.1, 0.15) is 30.4 Å². The second kappa shape index (κ2) is 4.25. The minimum atomic E-state index is 0.00639. The third kappa shape index (κ3) is 1.95. The smallest absolute Gasteiger partial charge is 0.290 e. The number of rotatable bonds is 1. The van der Waals surface area contributed by atoms with Crippen molar-refractivity contribution in [2.45, 2.75) is 31.8 Å². The molecule has 2 heterocycles. The number of likely N-dealkylation sites (tertiary alicyclic amines) is 1. The third-order valence-corrected chi connectivity index (χ3v) is 3.19. The van der Waals surface area contributed by atoms with E-state index in [-0.39, 0.29) is 18.0 Å². The number of carbonyl (C=O) groups excluding carboxylic acids is 1. The summed E-state index contributed by atoms with van der Waals surface area (Å²) >= 11 is 0. The van der Waals surface area contributed by atoms with Crippen LogP contribution >= 0.6 is 0 Å². The van der Waals surface area contributed by atoms with Crippen LogP contribution in [0.25, 0.3) is 0 Å². The van der Waals surface area contributed by atoms with Gasteiger partial charge in [-0.05, 0) is 19.8 Å². The molecule has 1 fully saturated rings. The molecule has 2 atom stereocenters. The first-order valence-electron chi connectivity index (χ1n) is 5.63. The topological polar surface area (TPSA) is 64.2 Å². The Hall–Kier alpha value is -1.36. The van der Waals surface area contributed by atoms with Gasteiger partial charge in [0.2, 0.25) is 0 Å². The molecular formula is C11H18N4O. The monoisotopic (exact) mass is 222 g/mol. The molecule has 0 bridgehead atoms. The molecule has 0 saturated carbocycles. The van der Waals surface area contributed by atoms with Crippen LogP contribution in [0.2, 0.25) is 0 Å². The molecule has 1 aliphatic heterocycles. The molecule has 5 nitrogen and oxygen atoms in total. The fourth-order valence-corrected chi connectivity index (χ4v) is 2.21. The maximum Gasteiger partial charge on any atom is 0.290 e. The Morgan fingerprint density at radius 1 is 1.62 bits per heavy atom. The summed E-state index contributed by atoms with van der Waals surface area (Å²) in [6.07, 6.45) is 5.18. The predicted molar refractivity (Wildman–Crippen MR) is 60.9 cm³/mol. The quantitative estimate of drug-likeness (QED) is 0.746. The van der Waals surface area contributed by atoms with Gasteiger partial charge in [-0.3, -0.25) is 4.79 Å². The van der Waals surface area contributed by atoms with Gasteiger partial charge in [-0.1, -0.05) is 0 Å². The number of aryl methyl sites for hydroxylation is 1. The van der Waals surface area contributed by atoms with Gasteiger partial charge in [0.05, 0.1) is 0 Å². The Balaban J connectivity index is 2.14. The molecule has 0 radical (unpaired) electrons. The zero-order chi connectivity index (χ0) is 11.7. The lowest BCUT2D eigenvalue weighted by Crippen LogP contribution is -2.48. The largest absolute Gasteiger partial charge is 0.333 e. The van der Waals surface area contributed by atoms with E-state index in [1.165, 1.54) is 0 Å². The number of piperidine rings is 1. The number of aromatic nitrogens is 2. The van der Waals surface area contributed by atoms with Gasteiger partial charge in [-0.2, -0.15) is 0 Å². The van der Waals surface area contributed by atoms with Crippen molar-refractivity contribution >= 4 is 5.91 Å². The molecule has 0 aromatic carbocycles. The molecule has 1 amide bonds. The average molecular weight is 222 g/mol. The van der Waals surface area contributed by atoms with Crippen LogP contribution in [0.3, 0.4) is 0 Å². The van der Waals surface area contributed by atoms with Crippen molar-refractivity contribution in [3.8, 4) is 0 Å². The Bertz CT molecular complexity index is 387. The number of amides is 1. The van der Waals surface area contributed by atoms with Crippen LogP contribution in [-0.4, -0.2) is 39.0 Å². The SMILES string of the molecule is CC1CC(N)CCN1C(=O)c1nccn1C. The first-order chi connectivity index (χ1) is 7.59. The second-order valence-corrected chi connectivity index (χ2v) is 4.49. The molecule has 2 rings (SSSR count). The summed E-state index contributed by atoms with van der Waals surface area (Å²) in [5.74, 6) is 0.509. The number of hydrogen-bond acceptors (Lipinski definition) is 3. The maximum absolute atomic E-state index is 12.2. The summed E-state index contributed by atoms with van der Waals surface area (Å²) in [6.45, 7) is 2.77. The Kier molecular flexibility index (Phi) is 2.96. The minimum Gasteiger partial charge on any atom is -0.333 e. The van der Waals surface area contributed by atoms with E-state index in [4.69, 9.17) is 5.73 Å². The van der Waals surface area contributed by atoms with Crippen molar-refractivity contribution in [2.75, 3.05) is 6.54 Å². The molecule has 16 heavy (non-hydrogen) atoms. The van der Waals surface area contributed by atoms with Gasteiger partial charge < -0.3 is 15.2 Å². The van der Waals surface area contributed by atoms with Crippen molar-refractivity contribution < 1.29 is 4.79 Å². The first-order valence-corrected chi connectivity index (χ1v) is 5.63. The highest BCUT2D eigenvalue weighted by molar-refractivity contribution is 5.91. The third-order valence-electron chi connectivity index (χ3n) is 3.19.